The largest absolute Gasteiger partial charge is 0.452 e. The van der Waals surface area contributed by atoms with Gasteiger partial charge < -0.3 is 10.1 Å². The first-order chi connectivity index (χ1) is 14.4. The minimum atomic E-state index is -1.15. The first-order valence-corrected chi connectivity index (χ1v) is 11.0. The molecule has 3 fully saturated rings. The van der Waals surface area contributed by atoms with E-state index in [4.69, 9.17) is 4.74 Å². The van der Waals surface area contributed by atoms with E-state index in [0.29, 0.717) is 0 Å². The Morgan fingerprint density at radius 2 is 1.53 bits per heavy atom. The zero-order valence-corrected chi connectivity index (χ0v) is 17.5. The van der Waals surface area contributed by atoms with Crippen molar-refractivity contribution < 1.29 is 28.7 Å². The molecule has 0 spiro atoms. The van der Waals surface area contributed by atoms with Gasteiger partial charge in [0, 0.05) is 12.6 Å². The molecule has 166 valence electrons. The summed E-state index contributed by atoms with van der Waals surface area (Å²) in [6, 6.07) is -0.533. The average Bonchev–Trinajstić information content (AvgIpc) is 2.97. The van der Waals surface area contributed by atoms with Gasteiger partial charge in [-0.1, -0.05) is 32.1 Å². The number of rotatable bonds is 6. The lowest BCUT2D eigenvalue weighted by molar-refractivity contribution is -0.155. The molecule has 3 atom stereocenters. The molecule has 3 aliphatic rings. The van der Waals surface area contributed by atoms with Crippen LogP contribution in [0.5, 0.6) is 0 Å². The van der Waals surface area contributed by atoms with Crippen molar-refractivity contribution in [1.29, 1.82) is 0 Å². The van der Waals surface area contributed by atoms with Gasteiger partial charge in [0.05, 0.1) is 18.3 Å². The smallest absolute Gasteiger partial charge is 0.321 e. The van der Waals surface area contributed by atoms with Gasteiger partial charge in [-0.3, -0.25) is 29.4 Å². The van der Waals surface area contributed by atoms with Gasteiger partial charge in [-0.05, 0) is 32.6 Å². The van der Waals surface area contributed by atoms with Gasteiger partial charge >= 0.3 is 12.0 Å². The third kappa shape index (κ3) is 5.37. The highest BCUT2D eigenvalue weighted by molar-refractivity contribution is 6.05. The number of ether oxygens (including phenoxy) is 1. The molecule has 5 amide bonds. The van der Waals surface area contributed by atoms with E-state index in [0.717, 1.165) is 62.7 Å². The summed E-state index contributed by atoms with van der Waals surface area (Å²) in [5, 5.41) is 4.95. The fourth-order valence-corrected chi connectivity index (χ4v) is 4.65. The molecule has 1 heterocycles. The fraction of sp³-hybridized carbons (Fsp3) is 0.762. The Morgan fingerprint density at radius 3 is 2.13 bits per heavy atom. The van der Waals surface area contributed by atoms with E-state index in [1.807, 2.05) is 0 Å². The molecule has 30 heavy (non-hydrogen) atoms. The van der Waals surface area contributed by atoms with Gasteiger partial charge in [-0.2, -0.15) is 0 Å². The highest BCUT2D eigenvalue weighted by Crippen LogP contribution is 2.37. The van der Waals surface area contributed by atoms with Crippen LogP contribution in [0.15, 0.2) is 0 Å². The molecule has 0 aromatic rings. The second-order valence-corrected chi connectivity index (χ2v) is 8.51. The first-order valence-electron chi connectivity index (χ1n) is 11.0. The second kappa shape index (κ2) is 10.0. The second-order valence-electron chi connectivity index (χ2n) is 8.51. The molecular formula is C21H31N3O6. The summed E-state index contributed by atoms with van der Waals surface area (Å²) in [7, 11) is 0. The van der Waals surface area contributed by atoms with Crippen LogP contribution < -0.4 is 10.6 Å². The molecule has 9 nitrogen and oxygen atoms in total. The Hall–Kier alpha value is -2.45. The lowest BCUT2D eigenvalue weighted by atomic mass is 9.81. The average molecular weight is 421 g/mol. The Balaban J connectivity index is 1.39. The summed E-state index contributed by atoms with van der Waals surface area (Å²) in [5.74, 6) is -2.33. The van der Waals surface area contributed by atoms with Crippen LogP contribution in [-0.4, -0.2) is 53.3 Å². The molecule has 2 saturated carbocycles. The fourth-order valence-electron chi connectivity index (χ4n) is 4.65. The standard InChI is InChI=1S/C21H31N3O6/c1-13(18(26)23-21(29)22-14-7-3-2-4-8-14)30-17(25)11-12-24-19(27)15-9-5-6-10-16(15)20(24)28/h13-16H,2-12H2,1H3,(H2,22,23,26,29)/t13-,15-,16+/m1/s1. The number of carbonyl (C=O) groups excluding carboxylic acids is 5. The Kier molecular flexibility index (Phi) is 7.44. The summed E-state index contributed by atoms with van der Waals surface area (Å²) < 4.78 is 5.07. The number of carbonyl (C=O) groups is 5. The molecule has 3 rings (SSSR count). The molecule has 0 unspecified atom stereocenters. The number of fused-ring (bicyclic) bond motifs is 1. The molecule has 0 aromatic heterocycles. The van der Waals surface area contributed by atoms with Crippen molar-refractivity contribution in [1.82, 2.24) is 15.5 Å². The highest BCUT2D eigenvalue weighted by Gasteiger charge is 2.47. The van der Waals surface area contributed by atoms with Gasteiger partial charge in [0.25, 0.3) is 5.91 Å². The van der Waals surface area contributed by atoms with Crippen molar-refractivity contribution in [2.24, 2.45) is 11.8 Å². The van der Waals surface area contributed by atoms with Crippen molar-refractivity contribution >= 4 is 29.7 Å². The zero-order chi connectivity index (χ0) is 21.7. The monoisotopic (exact) mass is 421 g/mol. The molecule has 0 aromatic carbocycles. The van der Waals surface area contributed by atoms with E-state index in [-0.39, 0.29) is 42.7 Å². The van der Waals surface area contributed by atoms with Gasteiger partial charge in [0.15, 0.2) is 6.10 Å². The van der Waals surface area contributed by atoms with Crippen LogP contribution >= 0.6 is 0 Å². The van der Waals surface area contributed by atoms with Gasteiger partial charge in [-0.15, -0.1) is 0 Å². The molecule has 2 aliphatic carbocycles. The molecular weight excluding hydrogens is 390 g/mol. The maximum Gasteiger partial charge on any atom is 0.321 e. The number of imide groups is 2. The van der Waals surface area contributed by atoms with E-state index in [1.165, 1.54) is 6.92 Å². The lowest BCUT2D eigenvalue weighted by Gasteiger charge is -2.23. The van der Waals surface area contributed by atoms with Crippen molar-refractivity contribution in [2.45, 2.75) is 83.3 Å². The number of nitrogens with one attached hydrogen (secondary N) is 2. The normalized spacial score (nSPS) is 25.4. The molecule has 1 aliphatic heterocycles. The van der Waals surface area contributed by atoms with Crippen molar-refractivity contribution in [3.8, 4) is 0 Å². The number of hydrogen-bond acceptors (Lipinski definition) is 6. The number of likely N-dealkylation sites (tertiary alicyclic amines) is 1. The van der Waals surface area contributed by atoms with Crippen LogP contribution in [0.1, 0.15) is 71.1 Å². The Bertz CT molecular complexity index is 679. The highest BCUT2D eigenvalue weighted by atomic mass is 16.5. The summed E-state index contributed by atoms with van der Waals surface area (Å²) in [6.45, 7) is 1.34. The molecule has 2 N–H and O–H groups in total. The van der Waals surface area contributed by atoms with Crippen LogP contribution in [-0.2, 0) is 23.9 Å². The number of hydrogen-bond donors (Lipinski definition) is 2. The van der Waals surface area contributed by atoms with Crippen molar-refractivity contribution in [3.05, 3.63) is 0 Å². The maximum atomic E-state index is 12.4. The van der Waals surface area contributed by atoms with E-state index in [9.17, 15) is 24.0 Å². The third-order valence-corrected chi connectivity index (χ3v) is 6.33. The molecule has 1 saturated heterocycles. The summed E-state index contributed by atoms with van der Waals surface area (Å²) >= 11 is 0. The SMILES string of the molecule is C[C@@H](OC(=O)CCN1C(=O)[C@H]2CCCC[C@H]2C1=O)C(=O)NC(=O)NC1CCCCC1. The van der Waals surface area contributed by atoms with Gasteiger partial charge in [0.2, 0.25) is 11.8 Å². The number of urea groups is 1. The zero-order valence-electron chi connectivity index (χ0n) is 17.5. The van der Waals surface area contributed by atoms with Crippen molar-refractivity contribution in [2.75, 3.05) is 6.54 Å². The topological polar surface area (TPSA) is 122 Å². The summed E-state index contributed by atoms with van der Waals surface area (Å²) in [5.41, 5.74) is 0. The van der Waals surface area contributed by atoms with Crippen LogP contribution in [0.25, 0.3) is 0 Å². The van der Waals surface area contributed by atoms with Crippen molar-refractivity contribution in [3.63, 3.8) is 0 Å². The quantitative estimate of drug-likeness (QED) is 0.497. The number of amides is 5. The Labute approximate surface area is 176 Å². The maximum absolute atomic E-state index is 12.4. The van der Waals surface area contributed by atoms with Gasteiger partial charge in [0.1, 0.15) is 0 Å². The van der Waals surface area contributed by atoms with Crippen LogP contribution in [0.2, 0.25) is 0 Å². The van der Waals surface area contributed by atoms with E-state index >= 15 is 0 Å². The Morgan fingerprint density at radius 1 is 0.967 bits per heavy atom. The first kappa shape index (κ1) is 22.2. The molecule has 0 bridgehead atoms. The van der Waals surface area contributed by atoms with Crippen LogP contribution in [0, 0.1) is 11.8 Å². The predicted octanol–water partition coefficient (Wildman–Crippen LogP) is 1.64. The lowest BCUT2D eigenvalue weighted by Crippen LogP contribution is -2.48. The summed E-state index contributed by atoms with van der Waals surface area (Å²) in [6.07, 6.45) is 7.03. The van der Waals surface area contributed by atoms with Crippen LogP contribution in [0.4, 0.5) is 4.79 Å². The minimum Gasteiger partial charge on any atom is -0.452 e. The number of nitrogens with zero attached hydrogens (tertiary/aromatic N) is 1. The molecule has 9 heteroatoms. The van der Waals surface area contributed by atoms with Gasteiger partial charge in [-0.25, -0.2) is 4.79 Å². The third-order valence-electron chi connectivity index (χ3n) is 6.33. The van der Waals surface area contributed by atoms with Crippen LogP contribution in [0.3, 0.4) is 0 Å². The van der Waals surface area contributed by atoms with E-state index in [2.05, 4.69) is 10.6 Å². The van der Waals surface area contributed by atoms with E-state index < -0.39 is 24.0 Å². The number of esters is 1. The summed E-state index contributed by atoms with van der Waals surface area (Å²) in [4.78, 5) is 62.1. The minimum absolute atomic E-state index is 0.0417. The van der Waals surface area contributed by atoms with E-state index in [1.54, 1.807) is 0 Å². The molecule has 0 radical (unpaired) electrons. The predicted molar refractivity (Wildman–Crippen MR) is 106 cm³/mol.